The fourth-order valence-electron chi connectivity index (χ4n) is 8.61. The maximum absolute atomic E-state index is 6.13. The Balaban J connectivity index is 0.968. The Kier molecular flexibility index (Phi) is 8.87. The van der Waals surface area contributed by atoms with Gasteiger partial charge in [-0.3, -0.25) is 0 Å². The molecule has 0 aliphatic carbocycles. The average molecular weight is 766 g/mol. The lowest BCUT2D eigenvalue weighted by atomic mass is 9.95. The van der Waals surface area contributed by atoms with Crippen molar-refractivity contribution in [1.29, 1.82) is 0 Å². The molecule has 2 nitrogen and oxygen atoms in total. The highest BCUT2D eigenvalue weighted by Gasteiger charge is 2.16. The fourth-order valence-corrected chi connectivity index (χ4v) is 8.61. The number of rotatable bonds is 8. The van der Waals surface area contributed by atoms with E-state index in [0.29, 0.717) is 0 Å². The molecule has 60 heavy (non-hydrogen) atoms. The number of hydrogen-bond acceptors (Lipinski definition) is 2. The Labute approximate surface area is 349 Å². The van der Waals surface area contributed by atoms with E-state index in [0.717, 1.165) is 55.7 Å². The molecule has 0 atom stereocenters. The molecule has 0 aliphatic rings. The second-order valence-corrected chi connectivity index (χ2v) is 15.3. The zero-order valence-corrected chi connectivity index (χ0v) is 32.9. The Morgan fingerprint density at radius 3 is 1.45 bits per heavy atom. The lowest BCUT2D eigenvalue weighted by Crippen LogP contribution is -2.10. The number of furan rings is 1. The fraction of sp³-hybridized carbons (Fsp3) is 0. The van der Waals surface area contributed by atoms with Gasteiger partial charge in [0.1, 0.15) is 11.2 Å². The van der Waals surface area contributed by atoms with Crippen molar-refractivity contribution in [2.24, 2.45) is 0 Å². The van der Waals surface area contributed by atoms with Crippen LogP contribution in [0.4, 0.5) is 17.1 Å². The third-order valence-corrected chi connectivity index (χ3v) is 11.7. The minimum Gasteiger partial charge on any atom is -0.456 e. The van der Waals surface area contributed by atoms with Gasteiger partial charge in [-0.25, -0.2) is 0 Å². The first-order valence-corrected chi connectivity index (χ1v) is 20.5. The summed E-state index contributed by atoms with van der Waals surface area (Å²) >= 11 is 0. The monoisotopic (exact) mass is 765 g/mol. The molecule has 11 rings (SSSR count). The molecule has 0 fully saturated rings. The summed E-state index contributed by atoms with van der Waals surface area (Å²) in [6, 6.07) is 85.0. The Morgan fingerprint density at radius 1 is 0.250 bits per heavy atom. The molecule has 2 heteroatoms. The zero-order valence-electron chi connectivity index (χ0n) is 32.9. The average Bonchev–Trinajstić information content (AvgIpc) is 3.70. The molecular weight excluding hydrogens is 727 g/mol. The summed E-state index contributed by atoms with van der Waals surface area (Å²) in [4.78, 5) is 2.36. The predicted molar refractivity (Wildman–Crippen MR) is 253 cm³/mol. The number of nitrogens with zero attached hydrogens (tertiary/aromatic N) is 1. The van der Waals surface area contributed by atoms with Crippen LogP contribution in [-0.4, -0.2) is 0 Å². The van der Waals surface area contributed by atoms with Crippen molar-refractivity contribution < 1.29 is 4.42 Å². The molecule has 0 radical (unpaired) electrons. The molecule has 1 aromatic heterocycles. The molecule has 10 aromatic carbocycles. The van der Waals surface area contributed by atoms with Crippen molar-refractivity contribution in [3.63, 3.8) is 0 Å². The lowest BCUT2D eigenvalue weighted by molar-refractivity contribution is 0.669. The molecule has 0 spiro atoms. The predicted octanol–water partition coefficient (Wildman–Crippen LogP) is 16.5. The van der Waals surface area contributed by atoms with Crippen molar-refractivity contribution in [3.05, 3.63) is 237 Å². The van der Waals surface area contributed by atoms with Gasteiger partial charge in [0.05, 0.1) is 0 Å². The third kappa shape index (κ3) is 6.61. The minimum atomic E-state index is 0.904. The topological polar surface area (TPSA) is 16.4 Å². The maximum atomic E-state index is 6.13. The number of fused-ring (bicyclic) bond motifs is 4. The van der Waals surface area contributed by atoms with Gasteiger partial charge < -0.3 is 9.32 Å². The smallest absolute Gasteiger partial charge is 0.135 e. The molecular formula is C58H39NO. The summed E-state index contributed by atoms with van der Waals surface area (Å²) in [5, 5.41) is 4.77. The van der Waals surface area contributed by atoms with E-state index >= 15 is 0 Å². The normalized spacial score (nSPS) is 11.3. The summed E-state index contributed by atoms with van der Waals surface area (Å²) in [5.41, 5.74) is 16.9. The van der Waals surface area contributed by atoms with Crippen LogP contribution in [0.3, 0.4) is 0 Å². The second-order valence-electron chi connectivity index (χ2n) is 15.3. The highest BCUT2D eigenvalue weighted by atomic mass is 16.3. The molecule has 0 saturated heterocycles. The highest BCUT2D eigenvalue weighted by Crippen LogP contribution is 2.40. The standard InChI is InChI=1S/C58H39NO/c1-2-11-40(12-3-1)41-23-25-42(26-24-41)43-27-32-50(33-28-43)59(51-34-29-44(30-35-51)48-31-36-58-56(39-48)55-20-6-7-22-57(55)60-58)52-18-9-16-47(38-52)46-15-8-17-49(37-46)54-21-10-14-45-13-4-5-19-53(45)54/h1-39H. The van der Waals surface area contributed by atoms with Crippen LogP contribution in [0.5, 0.6) is 0 Å². The van der Waals surface area contributed by atoms with Crippen molar-refractivity contribution in [2.75, 3.05) is 4.90 Å². The number of para-hydroxylation sites is 1. The van der Waals surface area contributed by atoms with Crippen molar-refractivity contribution >= 4 is 49.8 Å². The largest absolute Gasteiger partial charge is 0.456 e. The van der Waals surface area contributed by atoms with Crippen molar-refractivity contribution in [3.8, 4) is 55.6 Å². The molecule has 0 amide bonds. The number of anilines is 3. The minimum absolute atomic E-state index is 0.904. The highest BCUT2D eigenvalue weighted by molar-refractivity contribution is 6.06. The van der Waals surface area contributed by atoms with Gasteiger partial charge in [0, 0.05) is 27.8 Å². The van der Waals surface area contributed by atoms with Crippen LogP contribution >= 0.6 is 0 Å². The van der Waals surface area contributed by atoms with Gasteiger partial charge >= 0.3 is 0 Å². The van der Waals surface area contributed by atoms with Crippen LogP contribution in [-0.2, 0) is 0 Å². The molecule has 0 bridgehead atoms. The first-order valence-electron chi connectivity index (χ1n) is 20.5. The van der Waals surface area contributed by atoms with Gasteiger partial charge in [0.15, 0.2) is 0 Å². The maximum Gasteiger partial charge on any atom is 0.135 e. The van der Waals surface area contributed by atoms with E-state index in [4.69, 9.17) is 4.42 Å². The second kappa shape index (κ2) is 15.1. The summed E-state index contributed by atoms with van der Waals surface area (Å²) in [5.74, 6) is 0. The van der Waals surface area contributed by atoms with Gasteiger partial charge in [-0.05, 0) is 127 Å². The Hall–Kier alpha value is -7.94. The first kappa shape index (κ1) is 35.2. The SMILES string of the molecule is c1ccc(-c2ccc(-c3ccc(N(c4ccc(-c5ccc6oc7ccccc7c6c5)cc4)c4cccc(-c5cccc(-c6cccc7ccccc67)c5)c4)cc3)cc2)cc1. The summed E-state index contributed by atoms with van der Waals surface area (Å²) in [6.45, 7) is 0. The Morgan fingerprint density at radius 2 is 0.717 bits per heavy atom. The van der Waals surface area contributed by atoms with E-state index in [2.05, 4.69) is 229 Å². The van der Waals surface area contributed by atoms with E-state index in [9.17, 15) is 0 Å². The summed E-state index contributed by atoms with van der Waals surface area (Å²) in [7, 11) is 0. The van der Waals surface area contributed by atoms with Crippen LogP contribution in [0, 0.1) is 0 Å². The molecule has 0 unspecified atom stereocenters. The molecule has 1 heterocycles. The van der Waals surface area contributed by atoms with Gasteiger partial charge in [0.25, 0.3) is 0 Å². The van der Waals surface area contributed by atoms with E-state index in [1.807, 2.05) is 12.1 Å². The van der Waals surface area contributed by atoms with Gasteiger partial charge in [0.2, 0.25) is 0 Å². The van der Waals surface area contributed by atoms with E-state index in [1.165, 1.54) is 49.7 Å². The van der Waals surface area contributed by atoms with Crippen LogP contribution in [0.1, 0.15) is 0 Å². The van der Waals surface area contributed by atoms with Crippen molar-refractivity contribution in [2.45, 2.75) is 0 Å². The molecule has 0 saturated carbocycles. The van der Waals surface area contributed by atoms with Crippen LogP contribution < -0.4 is 4.90 Å². The lowest BCUT2D eigenvalue weighted by Gasteiger charge is -2.26. The van der Waals surface area contributed by atoms with E-state index < -0.39 is 0 Å². The van der Waals surface area contributed by atoms with Crippen LogP contribution in [0.25, 0.3) is 88.3 Å². The quantitative estimate of drug-likeness (QED) is 0.153. The van der Waals surface area contributed by atoms with Crippen LogP contribution in [0.2, 0.25) is 0 Å². The number of hydrogen-bond donors (Lipinski definition) is 0. The van der Waals surface area contributed by atoms with Gasteiger partial charge in [-0.2, -0.15) is 0 Å². The zero-order chi connectivity index (χ0) is 39.8. The van der Waals surface area contributed by atoms with Gasteiger partial charge in [-0.15, -0.1) is 0 Å². The number of benzene rings is 10. The summed E-state index contributed by atoms with van der Waals surface area (Å²) in [6.07, 6.45) is 0. The van der Waals surface area contributed by atoms with Crippen LogP contribution in [0.15, 0.2) is 241 Å². The third-order valence-electron chi connectivity index (χ3n) is 11.7. The van der Waals surface area contributed by atoms with Crippen molar-refractivity contribution in [1.82, 2.24) is 0 Å². The molecule has 0 aliphatic heterocycles. The molecule has 282 valence electrons. The summed E-state index contributed by atoms with van der Waals surface area (Å²) < 4.78 is 6.13. The molecule has 0 N–H and O–H groups in total. The first-order chi connectivity index (χ1) is 29.7. The van der Waals surface area contributed by atoms with E-state index in [-0.39, 0.29) is 0 Å². The Bertz CT molecular complexity index is 3280. The van der Waals surface area contributed by atoms with E-state index in [1.54, 1.807) is 0 Å². The van der Waals surface area contributed by atoms with Gasteiger partial charge in [-0.1, -0.05) is 176 Å². The molecule has 11 aromatic rings.